The van der Waals surface area contributed by atoms with E-state index in [-0.39, 0.29) is 0 Å². The van der Waals surface area contributed by atoms with Crippen LogP contribution in [-0.2, 0) is 0 Å². The smallest absolute Gasteiger partial charge is 0.0934 e. The molecule has 1 aromatic rings. The highest BCUT2D eigenvalue weighted by Crippen LogP contribution is 2.14. The lowest BCUT2D eigenvalue weighted by Gasteiger charge is -2.20. The summed E-state index contributed by atoms with van der Waals surface area (Å²) in [6.45, 7) is 6.07. The van der Waals surface area contributed by atoms with E-state index in [0.29, 0.717) is 0 Å². The van der Waals surface area contributed by atoms with Crippen molar-refractivity contribution in [3.63, 3.8) is 0 Å². The third kappa shape index (κ3) is 3.69. The van der Waals surface area contributed by atoms with Gasteiger partial charge in [0.1, 0.15) is 0 Å². The Bertz CT molecular complexity index is 236. The van der Waals surface area contributed by atoms with Gasteiger partial charge in [-0.15, -0.1) is 0 Å². The van der Waals surface area contributed by atoms with Crippen LogP contribution in [-0.4, -0.2) is 14.6 Å². The van der Waals surface area contributed by atoms with Crippen LogP contribution in [0, 0.1) is 0 Å². The van der Waals surface area contributed by atoms with Gasteiger partial charge in [0.05, 0.1) is 8.07 Å². The number of nitrogens with one attached hydrogen (secondary N) is 1. The average Bonchev–Trinajstić information content (AvgIpc) is 2.56. The van der Waals surface area contributed by atoms with Gasteiger partial charge in [-0.25, -0.2) is 0 Å². The van der Waals surface area contributed by atoms with E-state index in [0.717, 1.165) is 6.54 Å². The van der Waals surface area contributed by atoms with Gasteiger partial charge < -0.3 is 0 Å². The molecule has 0 aliphatic carbocycles. The van der Waals surface area contributed by atoms with Gasteiger partial charge in [0, 0.05) is 29.4 Å². The van der Waals surface area contributed by atoms with Crippen LogP contribution >= 0.6 is 34.2 Å². The summed E-state index contributed by atoms with van der Waals surface area (Å²) in [6, 6.07) is 5.86. The molecule has 4 heteroatoms. The van der Waals surface area contributed by atoms with Gasteiger partial charge in [-0.1, -0.05) is 31.3 Å². The Morgan fingerprint density at radius 2 is 2.31 bits per heavy atom. The summed E-state index contributed by atoms with van der Waals surface area (Å²) in [6.07, 6.45) is 1.31. The molecule has 0 amide bonds. The second kappa shape index (κ2) is 5.48. The first-order valence-corrected chi connectivity index (χ1v) is 9.71. The molecule has 0 unspecified atom stereocenters. The molecule has 1 aromatic heterocycles. The highest BCUT2D eigenvalue weighted by molar-refractivity contribution is 14.1. The average molecular weight is 325 g/mol. The number of rotatable bonds is 5. The maximum atomic E-state index is 3.18. The molecule has 1 nitrogen and oxygen atoms in total. The molecule has 0 spiro atoms. The molecule has 0 fully saturated rings. The predicted molar refractivity (Wildman–Crippen MR) is 72.9 cm³/mol. The van der Waals surface area contributed by atoms with Crippen molar-refractivity contribution in [1.82, 2.24) is 3.53 Å². The Labute approximate surface area is 99.4 Å². The van der Waals surface area contributed by atoms with Gasteiger partial charge in [-0.2, -0.15) is 11.3 Å². The summed E-state index contributed by atoms with van der Waals surface area (Å²) >= 11 is 4.15. The van der Waals surface area contributed by atoms with Crippen molar-refractivity contribution in [2.45, 2.75) is 25.6 Å². The van der Waals surface area contributed by atoms with Crippen molar-refractivity contribution < 1.29 is 0 Å². The molecule has 74 valence electrons. The van der Waals surface area contributed by atoms with Gasteiger partial charge in [-0.05, 0) is 16.3 Å². The van der Waals surface area contributed by atoms with E-state index in [9.17, 15) is 0 Å². The van der Waals surface area contributed by atoms with Crippen LogP contribution in [0.25, 0.3) is 0 Å². The first kappa shape index (κ1) is 11.7. The van der Waals surface area contributed by atoms with E-state index in [1.165, 1.54) is 12.5 Å². The summed E-state index contributed by atoms with van der Waals surface area (Å²) in [5, 5.41) is 2.20. The fraction of sp³-hybridized carbons (Fsp3) is 0.556. The Hall–Kier alpha value is 0.607. The Kier molecular flexibility index (Phi) is 4.92. The highest BCUT2D eigenvalue weighted by Gasteiger charge is 2.23. The molecule has 0 aliphatic rings. The van der Waals surface area contributed by atoms with Crippen molar-refractivity contribution in [3.05, 3.63) is 17.5 Å². The van der Waals surface area contributed by atoms with Crippen molar-refractivity contribution in [2.24, 2.45) is 0 Å². The van der Waals surface area contributed by atoms with Crippen molar-refractivity contribution in [2.75, 3.05) is 6.54 Å². The largest absolute Gasteiger partial charge is 0.261 e. The third-order valence-corrected chi connectivity index (χ3v) is 8.60. The van der Waals surface area contributed by atoms with E-state index in [1.807, 2.05) is 11.3 Å². The van der Waals surface area contributed by atoms with Gasteiger partial charge in [-0.3, -0.25) is 3.53 Å². The van der Waals surface area contributed by atoms with Crippen LogP contribution in [0.3, 0.4) is 0 Å². The van der Waals surface area contributed by atoms with Crippen molar-refractivity contribution in [1.29, 1.82) is 0 Å². The molecule has 1 heterocycles. The predicted octanol–water partition coefficient (Wildman–Crippen LogP) is 2.99. The van der Waals surface area contributed by atoms with Crippen LogP contribution in [0.5, 0.6) is 0 Å². The van der Waals surface area contributed by atoms with Gasteiger partial charge in [0.15, 0.2) is 0 Å². The summed E-state index contributed by atoms with van der Waals surface area (Å²) in [7, 11) is -1.09. The fourth-order valence-electron chi connectivity index (χ4n) is 1.38. The zero-order valence-corrected chi connectivity index (χ0v) is 12.1. The second-order valence-corrected chi connectivity index (χ2v) is 10.7. The van der Waals surface area contributed by atoms with E-state index in [2.05, 4.69) is 57.0 Å². The van der Waals surface area contributed by atoms with Crippen LogP contribution in [0.4, 0.5) is 0 Å². The minimum absolute atomic E-state index is 1.09. The molecule has 13 heavy (non-hydrogen) atoms. The Morgan fingerprint density at radius 3 is 2.85 bits per heavy atom. The molecule has 0 atom stereocenters. The Balaban J connectivity index is 2.46. The van der Waals surface area contributed by atoms with Crippen LogP contribution < -0.4 is 8.03 Å². The Morgan fingerprint density at radius 1 is 1.54 bits per heavy atom. The molecular weight excluding hydrogens is 309 g/mol. The SMILES string of the molecule is C[Si](C)(CCCNI)c1cccs1. The first-order chi connectivity index (χ1) is 6.17. The van der Waals surface area contributed by atoms with Gasteiger partial charge in [0.2, 0.25) is 0 Å². The normalized spacial score (nSPS) is 11.9. The molecule has 0 bridgehead atoms. The molecule has 1 rings (SSSR count). The first-order valence-electron chi connectivity index (χ1n) is 4.54. The van der Waals surface area contributed by atoms with Crippen LogP contribution in [0.1, 0.15) is 6.42 Å². The number of thiophene rings is 1. The zero-order valence-electron chi connectivity index (χ0n) is 8.14. The summed E-state index contributed by atoms with van der Waals surface area (Å²) < 4.78 is 4.82. The van der Waals surface area contributed by atoms with E-state index in [1.54, 1.807) is 4.50 Å². The molecule has 0 aromatic carbocycles. The zero-order chi connectivity index (χ0) is 9.73. The molecule has 1 N–H and O–H groups in total. The van der Waals surface area contributed by atoms with E-state index < -0.39 is 8.07 Å². The van der Waals surface area contributed by atoms with E-state index >= 15 is 0 Å². The lowest BCUT2D eigenvalue weighted by molar-refractivity contribution is 0.885. The topological polar surface area (TPSA) is 12.0 Å². The summed E-state index contributed by atoms with van der Waals surface area (Å²) in [5.74, 6) is 0. The van der Waals surface area contributed by atoms with Crippen LogP contribution in [0.15, 0.2) is 17.5 Å². The standard InChI is InChI=1S/C9H16INSSi/c1-13(2,8-4-6-11-10)9-5-3-7-12-9/h3,5,7,11H,4,6,8H2,1-2H3. The third-order valence-electron chi connectivity index (χ3n) is 2.26. The maximum Gasteiger partial charge on any atom is 0.0934 e. The summed E-state index contributed by atoms with van der Waals surface area (Å²) in [4.78, 5) is 0. The number of halogens is 1. The van der Waals surface area contributed by atoms with Crippen LogP contribution in [0.2, 0.25) is 19.1 Å². The second-order valence-electron chi connectivity index (χ2n) is 3.85. The minimum atomic E-state index is -1.09. The van der Waals surface area contributed by atoms with Gasteiger partial charge >= 0.3 is 0 Å². The lowest BCUT2D eigenvalue weighted by atomic mass is 10.5. The lowest BCUT2D eigenvalue weighted by Crippen LogP contribution is -2.39. The number of hydrogen-bond acceptors (Lipinski definition) is 2. The summed E-state index contributed by atoms with van der Waals surface area (Å²) in [5.41, 5.74) is 0. The van der Waals surface area contributed by atoms with Gasteiger partial charge in [0.25, 0.3) is 0 Å². The monoisotopic (exact) mass is 325 g/mol. The van der Waals surface area contributed by atoms with Crippen molar-refractivity contribution >= 4 is 46.8 Å². The fourth-order valence-corrected chi connectivity index (χ4v) is 5.87. The molecule has 0 saturated carbocycles. The molecular formula is C9H16INSSi. The van der Waals surface area contributed by atoms with E-state index in [4.69, 9.17) is 0 Å². The molecule has 0 aliphatic heterocycles. The molecule has 0 saturated heterocycles. The highest BCUT2D eigenvalue weighted by atomic mass is 127. The number of hydrogen-bond donors (Lipinski definition) is 1. The van der Waals surface area contributed by atoms with Crippen molar-refractivity contribution in [3.8, 4) is 0 Å². The maximum absolute atomic E-state index is 3.18. The quantitative estimate of drug-likeness (QED) is 0.380. The minimum Gasteiger partial charge on any atom is -0.261 e. The molecule has 0 radical (unpaired) electrons.